The van der Waals surface area contributed by atoms with E-state index in [2.05, 4.69) is 41.5 Å². The summed E-state index contributed by atoms with van der Waals surface area (Å²) in [6.45, 7) is 14.1. The molecule has 0 bridgehead atoms. The van der Waals surface area contributed by atoms with E-state index >= 15 is 0 Å². The normalized spacial score (nSPS) is 16.6. The zero-order valence-electron chi connectivity index (χ0n) is 10.4. The smallest absolute Gasteiger partial charge is 0.0420 e. The third kappa shape index (κ3) is 6.12. The van der Waals surface area contributed by atoms with Gasteiger partial charge in [-0.25, -0.2) is 0 Å². The van der Waals surface area contributed by atoms with E-state index in [9.17, 15) is 0 Å². The van der Waals surface area contributed by atoms with Gasteiger partial charge in [-0.3, -0.25) is 0 Å². The largest absolute Gasteiger partial charge is 0.0625 e. The second-order valence-electron chi connectivity index (χ2n) is 5.37. The van der Waals surface area contributed by atoms with E-state index in [1.54, 1.807) is 0 Å². The van der Waals surface area contributed by atoms with E-state index in [4.69, 9.17) is 0 Å². The van der Waals surface area contributed by atoms with Crippen LogP contribution in [-0.4, -0.2) is 0 Å². The van der Waals surface area contributed by atoms with Gasteiger partial charge in [-0.2, -0.15) is 0 Å². The average molecular weight is 184 g/mol. The first-order chi connectivity index (χ1) is 5.95. The van der Waals surface area contributed by atoms with E-state index < -0.39 is 0 Å². The van der Waals surface area contributed by atoms with Crippen molar-refractivity contribution >= 4 is 0 Å². The first-order valence-corrected chi connectivity index (χ1v) is 5.95. The van der Waals surface area contributed by atoms with Crippen LogP contribution in [0.15, 0.2) is 0 Å². The Hall–Kier alpha value is 0. The summed E-state index contributed by atoms with van der Waals surface area (Å²) in [4.78, 5) is 0. The molecule has 0 radical (unpaired) electrons. The predicted octanol–water partition coefficient (Wildman–Crippen LogP) is 4.74. The first-order valence-electron chi connectivity index (χ1n) is 5.95. The van der Waals surface area contributed by atoms with Crippen molar-refractivity contribution < 1.29 is 0 Å². The maximum atomic E-state index is 2.38. The summed E-state index contributed by atoms with van der Waals surface area (Å²) in [6.07, 6.45) is 4.24. The van der Waals surface area contributed by atoms with E-state index in [1.165, 1.54) is 19.3 Å². The SMILES string of the molecule is CC(C)C(C)CCCC(C)C(C)C. The summed E-state index contributed by atoms with van der Waals surface area (Å²) in [7, 11) is 0. The van der Waals surface area contributed by atoms with E-state index in [0.717, 1.165) is 23.7 Å². The number of hydrogen-bond donors (Lipinski definition) is 0. The van der Waals surface area contributed by atoms with Crippen molar-refractivity contribution in [2.45, 2.75) is 60.8 Å². The second-order valence-corrected chi connectivity index (χ2v) is 5.37. The molecule has 2 unspecified atom stereocenters. The summed E-state index contributed by atoms with van der Waals surface area (Å²) in [5.74, 6) is 3.52. The minimum Gasteiger partial charge on any atom is -0.0625 e. The Bertz CT molecular complexity index is 99.2. The van der Waals surface area contributed by atoms with Crippen molar-refractivity contribution in [2.75, 3.05) is 0 Å². The Morgan fingerprint density at radius 3 is 1.15 bits per heavy atom. The molecule has 0 saturated heterocycles. The molecule has 0 aliphatic carbocycles. The quantitative estimate of drug-likeness (QED) is 0.559. The van der Waals surface area contributed by atoms with Crippen LogP contribution in [0.25, 0.3) is 0 Å². The lowest BCUT2D eigenvalue weighted by atomic mass is 9.88. The minimum absolute atomic E-state index is 0.856. The molecule has 13 heavy (non-hydrogen) atoms. The third-order valence-electron chi connectivity index (χ3n) is 3.60. The van der Waals surface area contributed by atoms with Crippen LogP contribution in [0.2, 0.25) is 0 Å². The average Bonchev–Trinajstić information content (AvgIpc) is 2.03. The molecule has 2 atom stereocenters. The fraction of sp³-hybridized carbons (Fsp3) is 1.00. The molecule has 0 aromatic carbocycles. The van der Waals surface area contributed by atoms with Crippen LogP contribution in [0, 0.1) is 23.7 Å². The Balaban J connectivity index is 3.45. The molecule has 0 heteroatoms. The standard InChI is InChI=1S/C13H28/c1-10(2)12(5)8-7-9-13(6)11(3)4/h10-13H,7-9H2,1-6H3. The highest BCUT2D eigenvalue weighted by Gasteiger charge is 2.10. The van der Waals surface area contributed by atoms with Gasteiger partial charge in [-0.05, 0) is 23.7 Å². The molecule has 0 aliphatic rings. The van der Waals surface area contributed by atoms with Crippen LogP contribution in [0.5, 0.6) is 0 Å². The van der Waals surface area contributed by atoms with Gasteiger partial charge in [0.1, 0.15) is 0 Å². The Kier molecular flexibility index (Phi) is 6.45. The zero-order valence-corrected chi connectivity index (χ0v) is 10.4. The summed E-state index contributed by atoms with van der Waals surface area (Å²) in [5, 5.41) is 0. The molecule has 0 heterocycles. The van der Waals surface area contributed by atoms with Crippen LogP contribution in [0.3, 0.4) is 0 Å². The van der Waals surface area contributed by atoms with Crippen molar-refractivity contribution in [3.8, 4) is 0 Å². The van der Waals surface area contributed by atoms with Crippen molar-refractivity contribution in [1.82, 2.24) is 0 Å². The molecule has 0 rings (SSSR count). The zero-order chi connectivity index (χ0) is 10.4. The molecular weight excluding hydrogens is 156 g/mol. The summed E-state index contributed by atoms with van der Waals surface area (Å²) < 4.78 is 0. The third-order valence-corrected chi connectivity index (χ3v) is 3.60. The van der Waals surface area contributed by atoms with Gasteiger partial charge in [0.05, 0.1) is 0 Å². The molecule has 80 valence electrons. The van der Waals surface area contributed by atoms with Crippen molar-refractivity contribution in [3.05, 3.63) is 0 Å². The number of hydrogen-bond acceptors (Lipinski definition) is 0. The first kappa shape index (κ1) is 13.0. The molecule has 0 amide bonds. The molecule has 0 fully saturated rings. The lowest BCUT2D eigenvalue weighted by Crippen LogP contribution is -2.07. The lowest BCUT2D eigenvalue weighted by Gasteiger charge is -2.18. The Morgan fingerprint density at radius 1 is 0.615 bits per heavy atom. The van der Waals surface area contributed by atoms with Gasteiger partial charge in [0.15, 0.2) is 0 Å². The maximum Gasteiger partial charge on any atom is -0.0420 e. The Labute approximate surface area is 85.1 Å². The van der Waals surface area contributed by atoms with Crippen LogP contribution in [-0.2, 0) is 0 Å². The monoisotopic (exact) mass is 184 g/mol. The predicted molar refractivity (Wildman–Crippen MR) is 61.9 cm³/mol. The van der Waals surface area contributed by atoms with E-state index in [-0.39, 0.29) is 0 Å². The van der Waals surface area contributed by atoms with E-state index in [1.807, 2.05) is 0 Å². The molecule has 0 spiro atoms. The molecule has 0 nitrogen and oxygen atoms in total. The van der Waals surface area contributed by atoms with Gasteiger partial charge in [0.25, 0.3) is 0 Å². The van der Waals surface area contributed by atoms with E-state index in [0.29, 0.717) is 0 Å². The van der Waals surface area contributed by atoms with Crippen molar-refractivity contribution in [3.63, 3.8) is 0 Å². The molecule has 0 aromatic heterocycles. The Morgan fingerprint density at radius 2 is 0.923 bits per heavy atom. The maximum absolute atomic E-state index is 2.38. The fourth-order valence-electron chi connectivity index (χ4n) is 1.43. The highest BCUT2D eigenvalue weighted by Crippen LogP contribution is 2.22. The van der Waals surface area contributed by atoms with Crippen LogP contribution in [0.4, 0.5) is 0 Å². The van der Waals surface area contributed by atoms with Gasteiger partial charge < -0.3 is 0 Å². The highest BCUT2D eigenvalue weighted by atomic mass is 14.2. The molecule has 0 aliphatic heterocycles. The van der Waals surface area contributed by atoms with Crippen LogP contribution < -0.4 is 0 Å². The van der Waals surface area contributed by atoms with Gasteiger partial charge in [-0.1, -0.05) is 60.8 Å². The molecular formula is C13H28. The van der Waals surface area contributed by atoms with Crippen LogP contribution in [0.1, 0.15) is 60.8 Å². The van der Waals surface area contributed by atoms with Gasteiger partial charge in [0, 0.05) is 0 Å². The number of rotatable bonds is 6. The van der Waals surface area contributed by atoms with Crippen molar-refractivity contribution in [1.29, 1.82) is 0 Å². The highest BCUT2D eigenvalue weighted by molar-refractivity contribution is 4.61. The molecule has 0 N–H and O–H groups in total. The summed E-state index contributed by atoms with van der Waals surface area (Å²) >= 11 is 0. The summed E-state index contributed by atoms with van der Waals surface area (Å²) in [5.41, 5.74) is 0. The lowest BCUT2D eigenvalue weighted by molar-refractivity contribution is 0.331. The van der Waals surface area contributed by atoms with Gasteiger partial charge >= 0.3 is 0 Å². The second kappa shape index (κ2) is 6.45. The fourth-order valence-corrected chi connectivity index (χ4v) is 1.43. The van der Waals surface area contributed by atoms with Crippen molar-refractivity contribution in [2.24, 2.45) is 23.7 Å². The van der Waals surface area contributed by atoms with Gasteiger partial charge in [0.2, 0.25) is 0 Å². The minimum atomic E-state index is 0.856. The van der Waals surface area contributed by atoms with Gasteiger partial charge in [-0.15, -0.1) is 0 Å². The summed E-state index contributed by atoms with van der Waals surface area (Å²) in [6, 6.07) is 0. The molecule has 0 saturated carbocycles. The van der Waals surface area contributed by atoms with Crippen LogP contribution >= 0.6 is 0 Å². The molecule has 0 aromatic rings. The topological polar surface area (TPSA) is 0 Å².